The number of carbonyl (C=O) groups is 6. The number of imide groups is 1. The van der Waals surface area contributed by atoms with E-state index >= 15 is 0 Å². The second kappa shape index (κ2) is 35.3. The Morgan fingerprint density at radius 3 is 1.52 bits per heavy atom. The van der Waals surface area contributed by atoms with Gasteiger partial charge in [-0.3, -0.25) is 28.9 Å². The lowest BCUT2D eigenvalue weighted by molar-refractivity contribution is -0.146. The van der Waals surface area contributed by atoms with Crippen LogP contribution in [0.3, 0.4) is 0 Å². The maximum atomic E-state index is 11.6. The molecule has 2 N–H and O–H groups in total. The summed E-state index contributed by atoms with van der Waals surface area (Å²) in [6.07, 6.45) is 20.6. The molecule has 4 amide bonds. The number of fused-ring (bicyclic) bond motifs is 6. The van der Waals surface area contributed by atoms with Gasteiger partial charge in [0.05, 0.1) is 56.8 Å². The number of terminal acetylenes is 2. The Balaban J connectivity index is -0.000000226. The maximum Gasteiger partial charge on any atom is 0.306 e. The summed E-state index contributed by atoms with van der Waals surface area (Å²) in [5, 5.41) is 17.1. The van der Waals surface area contributed by atoms with Gasteiger partial charge in [0, 0.05) is 66.9 Å². The Bertz CT molecular complexity index is 1470. The van der Waals surface area contributed by atoms with Crippen LogP contribution < -0.4 is 9.47 Å². The second-order valence-electron chi connectivity index (χ2n) is 13.1. The van der Waals surface area contributed by atoms with Gasteiger partial charge in [0.2, 0.25) is 29.4 Å². The average Bonchev–Trinajstić information content (AvgIpc) is 3.98. The minimum absolute atomic E-state index is 0. The van der Waals surface area contributed by atoms with E-state index in [0.29, 0.717) is 45.6 Å². The van der Waals surface area contributed by atoms with E-state index in [1.807, 2.05) is 50.3 Å². The maximum absolute atomic E-state index is 11.6. The highest BCUT2D eigenvalue weighted by atomic mass is 16.7. The molecule has 62 heavy (non-hydrogen) atoms. The monoisotopic (exact) mass is 880 g/mol. The van der Waals surface area contributed by atoms with Crippen LogP contribution in [-0.4, -0.2) is 145 Å². The zero-order valence-corrected chi connectivity index (χ0v) is 34.8. The normalized spacial score (nSPS) is 17.9. The highest BCUT2D eigenvalue weighted by Crippen LogP contribution is 2.44. The van der Waals surface area contributed by atoms with Crippen molar-refractivity contribution in [1.29, 1.82) is 0 Å². The number of Topliss-reactive ketones (excluding diaryl/α,β-unsaturated/α-hetero) is 1. The first kappa shape index (κ1) is 65.9. The summed E-state index contributed by atoms with van der Waals surface area (Å²) >= 11 is 0. The molecule has 1 aromatic carbocycles. The molecule has 5 rings (SSSR count). The number of rotatable bonds is 15. The van der Waals surface area contributed by atoms with Crippen molar-refractivity contribution in [3.05, 3.63) is 36.4 Å². The molecule has 4 atom stereocenters. The molecule has 0 aliphatic carbocycles. The van der Waals surface area contributed by atoms with Crippen LogP contribution in [0.2, 0.25) is 0 Å². The van der Waals surface area contributed by atoms with E-state index in [2.05, 4.69) is 25.7 Å². The highest BCUT2D eigenvalue weighted by molar-refractivity contribution is 6.06. The number of aliphatic hydroxyl groups is 2. The van der Waals surface area contributed by atoms with Crippen LogP contribution in [0.4, 0.5) is 0 Å². The minimum Gasteiger partial charge on any atom is -0.464 e. The lowest BCUT2D eigenvalue weighted by Gasteiger charge is -2.21. The largest absolute Gasteiger partial charge is 0.464 e. The molecule has 0 radical (unpaired) electrons. The third-order valence-corrected chi connectivity index (χ3v) is 8.61. The summed E-state index contributed by atoms with van der Waals surface area (Å²) in [6, 6.07) is 7.68. The van der Waals surface area contributed by atoms with Gasteiger partial charge >= 0.3 is 5.97 Å². The van der Waals surface area contributed by atoms with Gasteiger partial charge in [-0.05, 0) is 19.1 Å². The van der Waals surface area contributed by atoms with Crippen LogP contribution in [-0.2, 0) is 43.0 Å². The average molecular weight is 880 g/mol. The zero-order valence-electron chi connectivity index (χ0n) is 34.8. The molecule has 2 fully saturated rings. The first-order valence-electron chi connectivity index (χ1n) is 18.8. The standard InChI is InChI=1S/C13H23NO5.C9H9NO3.C9H10O2.C7H15NO3.2C2H2.4CH4/c1-4-12(16)14(7-9-18-3)8-10-19-13(17)6-5-11(2)15;1-10-8(11)6-4-2-3-5(13-4)7(6)9(10)12;1-9(2)10-7-5-3-4-6-8(7)11-9;1-2-7(11)8(3-5-9)4-6-10;2*1-2;;;;/h4-10H2,1-3H3;2-7H,1H3;3-6H,1-2H3;9-10H,2-6H2,1H3;2*1-2H;4*1H4. The third-order valence-electron chi connectivity index (χ3n) is 8.61. The van der Waals surface area contributed by atoms with E-state index in [1.54, 1.807) is 32.9 Å². The summed E-state index contributed by atoms with van der Waals surface area (Å²) in [5.41, 5.74) is 0. The number of nitrogens with zero attached hydrogens (tertiary/aromatic N) is 3. The molecule has 354 valence electrons. The SMILES string of the molecule is C.C.C.C.C#C.C#C.CC1(C)Oc2ccccc2O1.CCC(=O)N(CCO)CCO.CCC(=O)N(CCOC)CCOC(=O)CCC(C)=O.CN1C(=O)C2C3C=CC(O3)C2C1=O. The van der Waals surface area contributed by atoms with E-state index in [1.165, 1.54) is 16.7 Å². The first-order chi connectivity index (χ1) is 27.6. The van der Waals surface area contributed by atoms with Gasteiger partial charge in [-0.15, -0.1) is 25.7 Å². The Hall–Kier alpha value is -5.26. The smallest absolute Gasteiger partial charge is 0.306 e. The fourth-order valence-corrected chi connectivity index (χ4v) is 5.85. The number of carbonyl (C=O) groups excluding carboxylic acids is 6. The van der Waals surface area contributed by atoms with E-state index in [-0.39, 0.29) is 116 Å². The summed E-state index contributed by atoms with van der Waals surface area (Å²) < 4.78 is 26.3. The van der Waals surface area contributed by atoms with Crippen LogP contribution in [0.1, 0.15) is 90.0 Å². The Morgan fingerprint density at radius 2 is 1.15 bits per heavy atom. The fourth-order valence-electron chi connectivity index (χ4n) is 5.85. The van der Waals surface area contributed by atoms with Crippen molar-refractivity contribution >= 4 is 35.4 Å². The van der Waals surface area contributed by atoms with Crippen molar-refractivity contribution in [1.82, 2.24) is 14.7 Å². The molecule has 2 saturated heterocycles. The van der Waals surface area contributed by atoms with Gasteiger partial charge in [-0.1, -0.05) is 67.8 Å². The summed E-state index contributed by atoms with van der Waals surface area (Å²) in [7, 11) is 3.11. The summed E-state index contributed by atoms with van der Waals surface area (Å²) in [6.45, 7) is 10.7. The molecule has 4 aliphatic rings. The number of benzene rings is 1. The van der Waals surface area contributed by atoms with Gasteiger partial charge in [0.1, 0.15) is 12.4 Å². The number of methoxy groups -OCH3 is 1. The molecule has 4 heterocycles. The lowest BCUT2D eigenvalue weighted by Crippen LogP contribution is -2.36. The van der Waals surface area contributed by atoms with E-state index in [0.717, 1.165) is 11.5 Å². The molecule has 16 nitrogen and oxygen atoms in total. The van der Waals surface area contributed by atoms with Gasteiger partial charge in [-0.2, -0.15) is 0 Å². The van der Waals surface area contributed by atoms with Gasteiger partial charge in [-0.25, -0.2) is 0 Å². The van der Waals surface area contributed by atoms with Gasteiger partial charge in [0.25, 0.3) is 0 Å². The zero-order chi connectivity index (χ0) is 44.4. The van der Waals surface area contributed by atoms with Crippen molar-refractivity contribution < 1.29 is 62.7 Å². The molecular weight excluding hydrogens is 803 g/mol. The topological polar surface area (TPSA) is 199 Å². The summed E-state index contributed by atoms with van der Waals surface area (Å²) in [4.78, 5) is 72.0. The van der Waals surface area contributed by atoms with Crippen LogP contribution in [0.5, 0.6) is 11.5 Å². The number of amides is 4. The predicted molar refractivity (Wildman–Crippen MR) is 242 cm³/mol. The van der Waals surface area contributed by atoms with Crippen LogP contribution in [0.15, 0.2) is 36.4 Å². The van der Waals surface area contributed by atoms with Gasteiger partial charge in [0.15, 0.2) is 11.5 Å². The Morgan fingerprint density at radius 1 is 0.742 bits per heavy atom. The molecular formula is C46H77N3O13. The molecule has 1 aromatic rings. The van der Waals surface area contributed by atoms with Crippen LogP contribution >= 0.6 is 0 Å². The molecule has 0 saturated carbocycles. The van der Waals surface area contributed by atoms with Crippen molar-refractivity contribution in [2.45, 2.75) is 108 Å². The molecule has 0 spiro atoms. The minimum atomic E-state index is -0.496. The van der Waals surface area contributed by atoms with E-state index in [9.17, 15) is 28.8 Å². The van der Waals surface area contributed by atoms with E-state index in [4.69, 9.17) is 33.9 Å². The number of aliphatic hydroxyl groups excluding tert-OH is 2. The number of esters is 1. The molecule has 16 heteroatoms. The Kier molecular flexibility index (Phi) is 37.5. The number of para-hydroxylation sites is 2. The molecule has 2 bridgehead atoms. The number of hydrogen-bond donors (Lipinski definition) is 2. The first-order valence-corrected chi connectivity index (χ1v) is 18.8. The molecule has 0 aromatic heterocycles. The highest BCUT2D eigenvalue weighted by Gasteiger charge is 2.59. The van der Waals surface area contributed by atoms with Crippen molar-refractivity contribution in [3.8, 4) is 37.2 Å². The van der Waals surface area contributed by atoms with Crippen molar-refractivity contribution in [2.24, 2.45) is 11.8 Å². The quantitative estimate of drug-likeness (QED) is 0.106. The number of ether oxygens (including phenoxy) is 5. The van der Waals surface area contributed by atoms with Crippen molar-refractivity contribution in [3.63, 3.8) is 0 Å². The second-order valence-corrected chi connectivity index (χ2v) is 13.1. The Labute approximate surface area is 372 Å². The van der Waals surface area contributed by atoms with Crippen LogP contribution in [0.25, 0.3) is 0 Å². The third kappa shape index (κ3) is 21.5. The van der Waals surface area contributed by atoms with E-state index < -0.39 is 11.8 Å². The predicted octanol–water partition coefficient (Wildman–Crippen LogP) is 4.79. The lowest BCUT2D eigenvalue weighted by atomic mass is 9.85. The fraction of sp³-hybridized carbons (Fsp3) is 0.609. The molecule has 4 aliphatic heterocycles. The van der Waals surface area contributed by atoms with Gasteiger partial charge < -0.3 is 48.5 Å². The van der Waals surface area contributed by atoms with Crippen LogP contribution in [0, 0.1) is 37.5 Å². The number of hydrogen-bond acceptors (Lipinski definition) is 13. The number of ketones is 1. The molecule has 4 unspecified atom stereocenters. The summed E-state index contributed by atoms with van der Waals surface area (Å²) in [5.74, 6) is 0.00764. The van der Waals surface area contributed by atoms with Crippen molar-refractivity contribution in [2.75, 3.05) is 66.8 Å². The number of likely N-dealkylation sites (tertiary alicyclic amines) is 1.